The summed E-state index contributed by atoms with van der Waals surface area (Å²) in [6, 6.07) is 0. The smallest absolute Gasteiger partial charge is 0.101 e. The van der Waals surface area contributed by atoms with Gasteiger partial charge in [0.1, 0.15) is 5.60 Å². The lowest BCUT2D eigenvalue weighted by Crippen LogP contribution is -2.23. The van der Waals surface area contributed by atoms with Crippen molar-refractivity contribution in [2.45, 2.75) is 77.7 Å². The van der Waals surface area contributed by atoms with Gasteiger partial charge in [0.05, 0.1) is 0 Å². The summed E-state index contributed by atoms with van der Waals surface area (Å²) in [5, 5.41) is 11.9. The van der Waals surface area contributed by atoms with E-state index in [0.717, 1.165) is 12.8 Å². The van der Waals surface area contributed by atoms with Crippen molar-refractivity contribution in [2.75, 3.05) is 0 Å². The fourth-order valence-corrected chi connectivity index (χ4v) is 1.65. The molecule has 15 heavy (non-hydrogen) atoms. The van der Waals surface area contributed by atoms with Crippen molar-refractivity contribution in [3.63, 3.8) is 0 Å². The van der Waals surface area contributed by atoms with Crippen LogP contribution in [0.5, 0.6) is 0 Å². The molecule has 0 aliphatic heterocycles. The van der Waals surface area contributed by atoms with Crippen LogP contribution in [0.25, 0.3) is 0 Å². The van der Waals surface area contributed by atoms with E-state index in [4.69, 9.17) is 10.1 Å². The number of hydrogen-bond donors (Lipinski definition) is 1. The molecule has 3 heteroatoms. The van der Waals surface area contributed by atoms with Crippen LogP contribution in [0.4, 0.5) is 0 Å². The number of unbranched alkanes of at least 4 members (excludes halogenated alkanes) is 6. The van der Waals surface area contributed by atoms with E-state index in [9.17, 15) is 0 Å². The molecule has 0 saturated heterocycles. The molecule has 0 spiro atoms. The minimum atomic E-state index is -0.377. The van der Waals surface area contributed by atoms with Gasteiger partial charge in [0, 0.05) is 0 Å². The molecule has 0 aromatic rings. The Kier molecular flexibility index (Phi) is 9.06. The summed E-state index contributed by atoms with van der Waals surface area (Å²) in [6.45, 7) is 6.06. The molecule has 0 bridgehead atoms. The maximum atomic E-state index is 8.18. The minimum absolute atomic E-state index is 0.377. The van der Waals surface area contributed by atoms with E-state index in [0.29, 0.717) is 0 Å². The summed E-state index contributed by atoms with van der Waals surface area (Å²) in [5.41, 5.74) is -0.377. The van der Waals surface area contributed by atoms with E-state index in [1.165, 1.54) is 38.5 Å². The fraction of sp³-hybridized carbons (Fsp3) is 1.00. The number of rotatable bonds is 10. The Morgan fingerprint density at radius 1 is 0.933 bits per heavy atom. The highest BCUT2D eigenvalue weighted by molar-refractivity contribution is 4.66. The maximum absolute atomic E-state index is 8.18. The van der Waals surface area contributed by atoms with Gasteiger partial charge in [0.15, 0.2) is 0 Å². The van der Waals surface area contributed by atoms with Gasteiger partial charge in [-0.3, -0.25) is 0 Å². The quantitative estimate of drug-likeness (QED) is 0.337. The largest absolute Gasteiger partial charge is 0.221 e. The van der Waals surface area contributed by atoms with Crippen LogP contribution in [0.2, 0.25) is 0 Å². The molecule has 0 fully saturated rings. The Morgan fingerprint density at radius 2 is 1.47 bits per heavy atom. The topological polar surface area (TPSA) is 38.7 Å². The van der Waals surface area contributed by atoms with Crippen LogP contribution < -0.4 is 0 Å². The number of hydrogen-bond acceptors (Lipinski definition) is 3. The Hall–Kier alpha value is -0.120. The van der Waals surface area contributed by atoms with Gasteiger partial charge in [-0.05, 0) is 20.3 Å². The van der Waals surface area contributed by atoms with Crippen LogP contribution in [0.15, 0.2) is 0 Å². The van der Waals surface area contributed by atoms with E-state index in [1.54, 1.807) is 0 Å². The maximum Gasteiger partial charge on any atom is 0.101 e. The molecule has 92 valence electrons. The van der Waals surface area contributed by atoms with E-state index in [1.807, 2.05) is 13.8 Å². The van der Waals surface area contributed by atoms with Crippen molar-refractivity contribution < 1.29 is 15.2 Å². The first-order valence-corrected chi connectivity index (χ1v) is 6.11. The molecule has 0 radical (unpaired) electrons. The third-order valence-electron chi connectivity index (χ3n) is 2.65. The van der Waals surface area contributed by atoms with Crippen molar-refractivity contribution in [1.82, 2.24) is 0 Å². The zero-order chi connectivity index (χ0) is 11.6. The molecule has 1 N–H and O–H groups in total. The molecular formula is C12H26O3. The summed E-state index contributed by atoms with van der Waals surface area (Å²) in [5.74, 6) is 0. The predicted molar refractivity (Wildman–Crippen MR) is 61.5 cm³/mol. The third-order valence-corrected chi connectivity index (χ3v) is 2.65. The van der Waals surface area contributed by atoms with Gasteiger partial charge < -0.3 is 0 Å². The predicted octanol–water partition coefficient (Wildman–Crippen LogP) is 4.33. The molecule has 0 aliphatic rings. The monoisotopic (exact) mass is 218 g/mol. The van der Waals surface area contributed by atoms with Gasteiger partial charge in [0.2, 0.25) is 0 Å². The van der Waals surface area contributed by atoms with Crippen LogP contribution in [0, 0.1) is 0 Å². The molecule has 0 rings (SSSR count). The van der Waals surface area contributed by atoms with E-state index in [-0.39, 0.29) is 5.60 Å². The van der Waals surface area contributed by atoms with Crippen molar-refractivity contribution >= 4 is 0 Å². The van der Waals surface area contributed by atoms with Crippen LogP contribution >= 0.6 is 0 Å². The minimum Gasteiger partial charge on any atom is -0.221 e. The van der Waals surface area contributed by atoms with E-state index < -0.39 is 0 Å². The highest BCUT2D eigenvalue weighted by atomic mass is 17.5. The first-order valence-electron chi connectivity index (χ1n) is 6.11. The second kappa shape index (κ2) is 9.13. The van der Waals surface area contributed by atoms with Crippen molar-refractivity contribution in [3.8, 4) is 0 Å². The normalized spacial score (nSPS) is 12.0. The van der Waals surface area contributed by atoms with Gasteiger partial charge in [-0.2, -0.15) is 0 Å². The standard InChI is InChI=1S/C12H26O3/c1-4-5-6-7-8-9-10-11-12(2,3)14-15-13/h13H,4-11H2,1-3H3. The summed E-state index contributed by atoms with van der Waals surface area (Å²) in [7, 11) is 0. The lowest BCUT2D eigenvalue weighted by Gasteiger charge is -2.20. The Morgan fingerprint density at radius 3 is 2.00 bits per heavy atom. The molecular weight excluding hydrogens is 192 g/mol. The molecule has 0 atom stereocenters. The first-order chi connectivity index (χ1) is 7.12. The van der Waals surface area contributed by atoms with Gasteiger partial charge in [-0.25, -0.2) is 10.1 Å². The third kappa shape index (κ3) is 10.2. The van der Waals surface area contributed by atoms with Gasteiger partial charge in [-0.1, -0.05) is 56.9 Å². The molecule has 3 nitrogen and oxygen atoms in total. The fourth-order valence-electron chi connectivity index (χ4n) is 1.65. The summed E-state index contributed by atoms with van der Waals surface area (Å²) < 4.78 is 0. The van der Waals surface area contributed by atoms with Gasteiger partial charge >= 0.3 is 0 Å². The lowest BCUT2D eigenvalue weighted by atomic mass is 9.99. The van der Waals surface area contributed by atoms with E-state index in [2.05, 4.69) is 12.0 Å². The molecule has 0 heterocycles. The zero-order valence-corrected chi connectivity index (χ0v) is 10.4. The first kappa shape index (κ1) is 14.9. The summed E-state index contributed by atoms with van der Waals surface area (Å²) >= 11 is 0. The Bertz CT molecular complexity index is 135. The van der Waals surface area contributed by atoms with Crippen LogP contribution in [0.1, 0.15) is 72.1 Å². The molecule has 0 unspecified atom stereocenters. The zero-order valence-electron chi connectivity index (χ0n) is 10.4. The second-order valence-corrected chi connectivity index (χ2v) is 4.79. The van der Waals surface area contributed by atoms with Crippen LogP contribution in [-0.4, -0.2) is 10.9 Å². The van der Waals surface area contributed by atoms with Crippen molar-refractivity contribution in [2.24, 2.45) is 0 Å². The molecule has 0 aromatic heterocycles. The van der Waals surface area contributed by atoms with E-state index >= 15 is 0 Å². The molecule has 0 aromatic carbocycles. The SMILES string of the molecule is CCCCCCCCCC(C)(C)OOO. The molecule has 0 saturated carbocycles. The van der Waals surface area contributed by atoms with Gasteiger partial charge in [-0.15, -0.1) is 0 Å². The highest BCUT2D eigenvalue weighted by Crippen LogP contribution is 2.19. The van der Waals surface area contributed by atoms with Crippen molar-refractivity contribution in [3.05, 3.63) is 0 Å². The summed E-state index contributed by atoms with van der Waals surface area (Å²) in [6.07, 6.45) is 9.94. The molecule has 0 amide bonds. The van der Waals surface area contributed by atoms with Gasteiger partial charge in [0.25, 0.3) is 0 Å². The average molecular weight is 218 g/mol. The van der Waals surface area contributed by atoms with Crippen molar-refractivity contribution in [1.29, 1.82) is 0 Å². The van der Waals surface area contributed by atoms with Crippen LogP contribution in [0.3, 0.4) is 0 Å². The van der Waals surface area contributed by atoms with Crippen LogP contribution in [-0.2, 0) is 9.93 Å². The summed E-state index contributed by atoms with van der Waals surface area (Å²) in [4.78, 5) is 4.73. The average Bonchev–Trinajstić information content (AvgIpc) is 2.16. The Labute approximate surface area is 93.6 Å². The lowest BCUT2D eigenvalue weighted by molar-refractivity contribution is -0.522. The molecule has 0 aliphatic carbocycles. The Balaban J connectivity index is 3.22. The second-order valence-electron chi connectivity index (χ2n) is 4.79. The highest BCUT2D eigenvalue weighted by Gasteiger charge is 2.19.